The molecule has 0 amide bonds. The van der Waals surface area contributed by atoms with Crippen LogP contribution in [-0.2, 0) is 0 Å². The first-order valence-electron chi connectivity index (χ1n) is 5.39. The molecule has 0 saturated heterocycles. The molecule has 0 heterocycles. The summed E-state index contributed by atoms with van der Waals surface area (Å²) >= 11 is 5.63. The van der Waals surface area contributed by atoms with Crippen LogP contribution in [0.25, 0.3) is 0 Å². The lowest BCUT2D eigenvalue weighted by molar-refractivity contribution is 0.443. The van der Waals surface area contributed by atoms with Gasteiger partial charge in [0.1, 0.15) is 5.82 Å². The van der Waals surface area contributed by atoms with Gasteiger partial charge in [-0.05, 0) is 36.5 Å². The molecule has 0 aliphatic heterocycles. The van der Waals surface area contributed by atoms with Crippen molar-refractivity contribution in [3.8, 4) is 0 Å². The Hall–Kier alpha value is -0.600. The Bertz CT molecular complexity index is 347. The molecule has 15 heavy (non-hydrogen) atoms. The molecule has 0 bridgehead atoms. The Kier molecular flexibility index (Phi) is 3.27. The Morgan fingerprint density at radius 2 is 2.00 bits per heavy atom. The number of hydrogen-bond donors (Lipinski definition) is 1. The Morgan fingerprint density at radius 3 is 2.60 bits per heavy atom. The predicted octanol–water partition coefficient (Wildman–Crippen LogP) is 3.67. The highest BCUT2D eigenvalue weighted by atomic mass is 35.5. The van der Waals surface area contributed by atoms with Crippen molar-refractivity contribution in [2.45, 2.75) is 31.7 Å². The second-order valence-electron chi connectivity index (χ2n) is 4.24. The number of hydrogen-bond acceptors (Lipinski definition) is 1. The molecule has 1 aliphatic rings. The first-order valence-corrected chi connectivity index (χ1v) is 5.77. The molecule has 0 aromatic heterocycles. The zero-order valence-electron chi connectivity index (χ0n) is 8.55. The van der Waals surface area contributed by atoms with Crippen molar-refractivity contribution in [1.29, 1.82) is 0 Å². The SMILES string of the molecule is N[C@@H](c1ccc(Cl)c(F)c1)C1CCCC1. The van der Waals surface area contributed by atoms with E-state index in [1.165, 1.54) is 18.9 Å². The van der Waals surface area contributed by atoms with E-state index in [2.05, 4.69) is 0 Å². The summed E-state index contributed by atoms with van der Waals surface area (Å²) in [5.74, 6) is 0.133. The number of halogens is 2. The van der Waals surface area contributed by atoms with Crippen molar-refractivity contribution in [3.63, 3.8) is 0 Å². The van der Waals surface area contributed by atoms with E-state index in [0.717, 1.165) is 18.4 Å². The van der Waals surface area contributed by atoms with Crippen LogP contribution in [0.2, 0.25) is 5.02 Å². The van der Waals surface area contributed by atoms with E-state index in [4.69, 9.17) is 17.3 Å². The van der Waals surface area contributed by atoms with Gasteiger partial charge >= 0.3 is 0 Å². The molecule has 1 saturated carbocycles. The lowest BCUT2D eigenvalue weighted by atomic mass is 9.92. The molecular formula is C12H15ClFN. The molecule has 1 nitrogen and oxygen atoms in total. The zero-order chi connectivity index (χ0) is 10.8. The van der Waals surface area contributed by atoms with Gasteiger partial charge in [0.15, 0.2) is 0 Å². The van der Waals surface area contributed by atoms with E-state index in [0.29, 0.717) is 5.92 Å². The van der Waals surface area contributed by atoms with Crippen molar-refractivity contribution >= 4 is 11.6 Å². The van der Waals surface area contributed by atoms with E-state index in [9.17, 15) is 4.39 Å². The van der Waals surface area contributed by atoms with E-state index >= 15 is 0 Å². The minimum Gasteiger partial charge on any atom is -0.324 e. The minimum absolute atomic E-state index is 0.0423. The molecular weight excluding hydrogens is 213 g/mol. The third-order valence-electron chi connectivity index (χ3n) is 3.24. The van der Waals surface area contributed by atoms with Crippen LogP contribution in [-0.4, -0.2) is 0 Å². The molecule has 2 rings (SSSR count). The fraction of sp³-hybridized carbons (Fsp3) is 0.500. The molecule has 1 atom stereocenters. The Balaban J connectivity index is 2.17. The van der Waals surface area contributed by atoms with Crippen LogP contribution in [0, 0.1) is 11.7 Å². The molecule has 3 heteroatoms. The van der Waals surface area contributed by atoms with Gasteiger partial charge in [0.05, 0.1) is 5.02 Å². The molecule has 0 radical (unpaired) electrons. The third-order valence-corrected chi connectivity index (χ3v) is 3.54. The first-order chi connectivity index (χ1) is 7.18. The van der Waals surface area contributed by atoms with E-state index in [1.807, 2.05) is 6.07 Å². The van der Waals surface area contributed by atoms with E-state index in [1.54, 1.807) is 6.07 Å². The topological polar surface area (TPSA) is 26.0 Å². The summed E-state index contributed by atoms with van der Waals surface area (Å²) in [7, 11) is 0. The lowest BCUT2D eigenvalue weighted by Gasteiger charge is -2.19. The quantitative estimate of drug-likeness (QED) is 0.820. The molecule has 0 spiro atoms. The smallest absolute Gasteiger partial charge is 0.142 e. The van der Waals surface area contributed by atoms with E-state index in [-0.39, 0.29) is 16.9 Å². The second kappa shape index (κ2) is 4.50. The fourth-order valence-electron chi connectivity index (χ4n) is 2.31. The fourth-order valence-corrected chi connectivity index (χ4v) is 2.43. The van der Waals surface area contributed by atoms with Crippen LogP contribution in [0.4, 0.5) is 4.39 Å². The van der Waals surface area contributed by atoms with Gasteiger partial charge in [-0.15, -0.1) is 0 Å². The standard InChI is InChI=1S/C12H15ClFN/c13-10-6-5-9(7-11(10)14)12(15)8-3-1-2-4-8/h5-8,12H,1-4,15H2/t12-/m1/s1. The van der Waals surface area contributed by atoms with Crippen LogP contribution in [0.1, 0.15) is 37.3 Å². The Morgan fingerprint density at radius 1 is 1.33 bits per heavy atom. The lowest BCUT2D eigenvalue weighted by Crippen LogP contribution is -2.19. The van der Waals surface area contributed by atoms with Crippen molar-refractivity contribution in [3.05, 3.63) is 34.6 Å². The average Bonchev–Trinajstić information content (AvgIpc) is 2.74. The zero-order valence-corrected chi connectivity index (χ0v) is 9.30. The van der Waals surface area contributed by atoms with Crippen molar-refractivity contribution in [2.75, 3.05) is 0 Å². The van der Waals surface area contributed by atoms with Gasteiger partial charge in [-0.1, -0.05) is 30.5 Å². The molecule has 2 N–H and O–H groups in total. The van der Waals surface area contributed by atoms with Crippen LogP contribution in [0.15, 0.2) is 18.2 Å². The molecule has 1 fully saturated rings. The van der Waals surface area contributed by atoms with E-state index < -0.39 is 0 Å². The maximum Gasteiger partial charge on any atom is 0.142 e. The predicted molar refractivity (Wildman–Crippen MR) is 60.3 cm³/mol. The molecule has 0 unspecified atom stereocenters. The summed E-state index contributed by atoms with van der Waals surface area (Å²) in [6.07, 6.45) is 4.81. The molecule has 1 aromatic carbocycles. The average molecular weight is 228 g/mol. The molecule has 1 aliphatic carbocycles. The largest absolute Gasteiger partial charge is 0.324 e. The number of rotatable bonds is 2. The van der Waals surface area contributed by atoms with Gasteiger partial charge < -0.3 is 5.73 Å². The first kappa shape index (κ1) is 10.9. The van der Waals surface area contributed by atoms with Crippen molar-refractivity contribution in [1.82, 2.24) is 0 Å². The molecule has 82 valence electrons. The van der Waals surface area contributed by atoms with Crippen molar-refractivity contribution in [2.24, 2.45) is 11.7 Å². The number of benzene rings is 1. The summed E-state index contributed by atoms with van der Waals surface area (Å²) in [4.78, 5) is 0. The van der Waals surface area contributed by atoms with Crippen LogP contribution in [0.5, 0.6) is 0 Å². The monoisotopic (exact) mass is 227 g/mol. The third kappa shape index (κ3) is 2.32. The summed E-state index contributed by atoms with van der Waals surface area (Å²) in [5.41, 5.74) is 6.97. The van der Waals surface area contributed by atoms with Gasteiger partial charge in [0.2, 0.25) is 0 Å². The second-order valence-corrected chi connectivity index (χ2v) is 4.65. The summed E-state index contributed by atoms with van der Waals surface area (Å²) in [5, 5.41) is 0.164. The van der Waals surface area contributed by atoms with Gasteiger partial charge in [-0.3, -0.25) is 0 Å². The van der Waals surface area contributed by atoms with Gasteiger partial charge in [0, 0.05) is 6.04 Å². The van der Waals surface area contributed by atoms with Crippen LogP contribution >= 0.6 is 11.6 Å². The highest BCUT2D eigenvalue weighted by Gasteiger charge is 2.23. The summed E-state index contributed by atoms with van der Waals surface area (Å²) < 4.78 is 13.2. The maximum atomic E-state index is 13.2. The highest BCUT2D eigenvalue weighted by Crippen LogP contribution is 2.34. The van der Waals surface area contributed by atoms with Gasteiger partial charge in [-0.25, -0.2) is 4.39 Å². The van der Waals surface area contributed by atoms with Crippen molar-refractivity contribution < 1.29 is 4.39 Å². The van der Waals surface area contributed by atoms with Gasteiger partial charge in [0.25, 0.3) is 0 Å². The summed E-state index contributed by atoms with van der Waals surface area (Å²) in [6, 6.07) is 4.83. The molecule has 1 aromatic rings. The normalized spacial score (nSPS) is 19.4. The summed E-state index contributed by atoms with van der Waals surface area (Å²) in [6.45, 7) is 0. The van der Waals surface area contributed by atoms with Crippen LogP contribution < -0.4 is 5.73 Å². The number of nitrogens with two attached hydrogens (primary N) is 1. The maximum absolute atomic E-state index is 13.2. The minimum atomic E-state index is -0.373. The highest BCUT2D eigenvalue weighted by molar-refractivity contribution is 6.30. The Labute approximate surface area is 94.4 Å². The van der Waals surface area contributed by atoms with Gasteiger partial charge in [-0.2, -0.15) is 0 Å². The van der Waals surface area contributed by atoms with Crippen LogP contribution in [0.3, 0.4) is 0 Å².